The molecule has 0 aliphatic carbocycles. The van der Waals surface area contributed by atoms with Crippen LogP contribution in [0.25, 0.3) is 0 Å². The Balaban J connectivity index is 2.89. The van der Waals surface area contributed by atoms with Crippen molar-refractivity contribution in [1.29, 1.82) is 0 Å². The third-order valence-corrected chi connectivity index (χ3v) is 4.05. The van der Waals surface area contributed by atoms with E-state index in [1.54, 1.807) is 0 Å². The van der Waals surface area contributed by atoms with Gasteiger partial charge in [-0.25, -0.2) is 0 Å². The molecule has 108 valence electrons. The molecule has 1 aromatic rings. The maximum Gasteiger partial charge on any atom is -0.00298 e. The van der Waals surface area contributed by atoms with Crippen LogP contribution in [0.5, 0.6) is 0 Å². The highest BCUT2D eigenvalue weighted by molar-refractivity contribution is 7.98. The predicted molar refractivity (Wildman–Crippen MR) is 89.2 cm³/mol. The first-order valence-electron chi connectivity index (χ1n) is 7.29. The number of thioether (sulfide) groups is 1. The number of unbranched alkanes of at least 4 members (excludes halogenated alkanes) is 1. The largest absolute Gasteiger partial charge is 0.330 e. The van der Waals surface area contributed by atoms with Gasteiger partial charge in [0.25, 0.3) is 0 Å². The zero-order chi connectivity index (χ0) is 14.3. The fraction of sp³-hybridized carbons (Fsp3) is 0.647. The number of benzene rings is 1. The van der Waals surface area contributed by atoms with E-state index in [0.717, 1.165) is 19.4 Å². The lowest BCUT2D eigenvalue weighted by atomic mass is 9.84. The minimum Gasteiger partial charge on any atom is -0.330 e. The Morgan fingerprint density at radius 2 is 1.63 bits per heavy atom. The first-order chi connectivity index (χ1) is 8.97. The van der Waals surface area contributed by atoms with Crippen molar-refractivity contribution in [2.45, 2.75) is 51.9 Å². The van der Waals surface area contributed by atoms with Gasteiger partial charge in [-0.05, 0) is 66.3 Å². The highest BCUT2D eigenvalue weighted by Gasteiger charge is 2.15. The van der Waals surface area contributed by atoms with Crippen molar-refractivity contribution >= 4 is 11.8 Å². The van der Waals surface area contributed by atoms with Gasteiger partial charge < -0.3 is 5.73 Å². The topological polar surface area (TPSA) is 26.0 Å². The lowest BCUT2D eigenvalue weighted by molar-refractivity contribution is 0.587. The van der Waals surface area contributed by atoms with Crippen molar-refractivity contribution in [3.05, 3.63) is 34.9 Å². The summed E-state index contributed by atoms with van der Waals surface area (Å²) < 4.78 is 0. The molecular weight excluding hydrogens is 250 g/mol. The summed E-state index contributed by atoms with van der Waals surface area (Å²) in [6, 6.07) is 7.17. The second-order valence-corrected chi connectivity index (χ2v) is 7.26. The van der Waals surface area contributed by atoms with E-state index >= 15 is 0 Å². The molecule has 0 aromatic heterocycles. The van der Waals surface area contributed by atoms with Gasteiger partial charge in [-0.3, -0.25) is 0 Å². The number of rotatable bonds is 7. The van der Waals surface area contributed by atoms with E-state index < -0.39 is 0 Å². The number of nitrogens with two attached hydrogens (primary N) is 1. The van der Waals surface area contributed by atoms with Crippen LogP contribution in [0.1, 0.15) is 50.3 Å². The van der Waals surface area contributed by atoms with Crippen molar-refractivity contribution in [3.8, 4) is 0 Å². The van der Waals surface area contributed by atoms with Gasteiger partial charge in [-0.15, -0.1) is 0 Å². The van der Waals surface area contributed by atoms with E-state index in [1.165, 1.54) is 35.3 Å². The van der Waals surface area contributed by atoms with Gasteiger partial charge in [-0.1, -0.05) is 39.0 Å². The number of hydrogen-bond acceptors (Lipinski definition) is 2. The van der Waals surface area contributed by atoms with Crippen molar-refractivity contribution in [1.82, 2.24) is 0 Å². The Morgan fingerprint density at radius 3 is 2.16 bits per heavy atom. The van der Waals surface area contributed by atoms with E-state index in [1.807, 2.05) is 11.8 Å². The van der Waals surface area contributed by atoms with Crippen molar-refractivity contribution < 1.29 is 0 Å². The lowest BCUT2D eigenvalue weighted by Gasteiger charge is -2.21. The van der Waals surface area contributed by atoms with Crippen LogP contribution in [0.4, 0.5) is 0 Å². The Kier molecular flexibility index (Phi) is 6.95. The molecule has 0 atom stereocenters. The molecule has 0 radical (unpaired) electrons. The molecule has 2 heteroatoms. The summed E-state index contributed by atoms with van der Waals surface area (Å²) in [6.07, 6.45) is 6.84. The van der Waals surface area contributed by atoms with E-state index in [0.29, 0.717) is 0 Å². The average molecular weight is 279 g/mol. The molecule has 0 saturated heterocycles. The fourth-order valence-corrected chi connectivity index (χ4v) is 2.62. The molecular formula is C17H29NS. The van der Waals surface area contributed by atoms with Crippen LogP contribution in [0, 0.1) is 0 Å². The zero-order valence-corrected chi connectivity index (χ0v) is 13.8. The molecule has 2 N–H and O–H groups in total. The van der Waals surface area contributed by atoms with Gasteiger partial charge in [0.15, 0.2) is 0 Å². The molecule has 0 unspecified atom stereocenters. The van der Waals surface area contributed by atoms with Crippen LogP contribution < -0.4 is 5.73 Å². The second-order valence-electron chi connectivity index (χ2n) is 6.28. The van der Waals surface area contributed by atoms with Crippen molar-refractivity contribution in [3.63, 3.8) is 0 Å². The van der Waals surface area contributed by atoms with Gasteiger partial charge in [0.1, 0.15) is 0 Å². The van der Waals surface area contributed by atoms with Gasteiger partial charge in [0, 0.05) is 0 Å². The van der Waals surface area contributed by atoms with Crippen LogP contribution in [-0.4, -0.2) is 18.6 Å². The molecule has 0 saturated carbocycles. The SMILES string of the molecule is CSCCc1cc(CCCCN)cc(C(C)(C)C)c1. The summed E-state index contributed by atoms with van der Waals surface area (Å²) in [5.74, 6) is 1.20. The summed E-state index contributed by atoms with van der Waals surface area (Å²) in [7, 11) is 0. The van der Waals surface area contributed by atoms with E-state index in [-0.39, 0.29) is 5.41 Å². The van der Waals surface area contributed by atoms with Gasteiger partial charge in [-0.2, -0.15) is 11.8 Å². The standard InChI is InChI=1S/C17H29NS/c1-17(2,3)16-12-14(7-5-6-9-18)11-15(13-16)8-10-19-4/h11-13H,5-10,18H2,1-4H3. The normalized spacial score (nSPS) is 11.8. The molecule has 1 rings (SSSR count). The molecule has 1 aromatic carbocycles. The number of hydrogen-bond donors (Lipinski definition) is 1. The first-order valence-corrected chi connectivity index (χ1v) is 8.69. The number of aryl methyl sites for hydroxylation is 2. The summed E-state index contributed by atoms with van der Waals surface area (Å²) in [5, 5.41) is 0. The lowest BCUT2D eigenvalue weighted by Crippen LogP contribution is -2.12. The second kappa shape index (κ2) is 7.96. The molecule has 0 fully saturated rings. The monoisotopic (exact) mass is 279 g/mol. The van der Waals surface area contributed by atoms with Crippen LogP contribution >= 0.6 is 11.8 Å². The van der Waals surface area contributed by atoms with E-state index in [4.69, 9.17) is 5.73 Å². The maximum atomic E-state index is 5.58. The molecule has 1 nitrogen and oxygen atoms in total. The van der Waals surface area contributed by atoms with Crippen molar-refractivity contribution in [2.24, 2.45) is 5.73 Å². The Morgan fingerprint density at radius 1 is 1.00 bits per heavy atom. The molecule has 19 heavy (non-hydrogen) atoms. The summed E-state index contributed by atoms with van der Waals surface area (Å²) >= 11 is 1.92. The van der Waals surface area contributed by atoms with Crippen LogP contribution in [0.3, 0.4) is 0 Å². The third-order valence-electron chi connectivity index (χ3n) is 3.43. The maximum absolute atomic E-state index is 5.58. The summed E-state index contributed by atoms with van der Waals surface area (Å²) in [5.41, 5.74) is 10.3. The molecule has 0 aliphatic heterocycles. The summed E-state index contributed by atoms with van der Waals surface area (Å²) in [6.45, 7) is 7.69. The van der Waals surface area contributed by atoms with E-state index in [2.05, 4.69) is 45.2 Å². The first kappa shape index (κ1) is 16.6. The van der Waals surface area contributed by atoms with Gasteiger partial charge in [0.2, 0.25) is 0 Å². The highest BCUT2D eigenvalue weighted by Crippen LogP contribution is 2.25. The molecule has 0 amide bonds. The summed E-state index contributed by atoms with van der Waals surface area (Å²) in [4.78, 5) is 0. The van der Waals surface area contributed by atoms with Crippen molar-refractivity contribution in [2.75, 3.05) is 18.6 Å². The molecule has 0 heterocycles. The molecule has 0 aliphatic rings. The highest BCUT2D eigenvalue weighted by atomic mass is 32.2. The zero-order valence-electron chi connectivity index (χ0n) is 13.0. The third kappa shape index (κ3) is 6.01. The average Bonchev–Trinajstić information content (AvgIpc) is 2.35. The minimum absolute atomic E-state index is 0.234. The van der Waals surface area contributed by atoms with Crippen LogP contribution in [-0.2, 0) is 18.3 Å². The van der Waals surface area contributed by atoms with Gasteiger partial charge >= 0.3 is 0 Å². The fourth-order valence-electron chi connectivity index (χ4n) is 2.18. The Labute approximate surface area is 123 Å². The van der Waals surface area contributed by atoms with Crippen LogP contribution in [0.15, 0.2) is 18.2 Å². The molecule has 0 spiro atoms. The van der Waals surface area contributed by atoms with Gasteiger partial charge in [0.05, 0.1) is 0 Å². The quantitative estimate of drug-likeness (QED) is 0.758. The predicted octanol–water partition coefficient (Wildman–Crippen LogP) is 4.17. The Bertz CT molecular complexity index is 379. The smallest absolute Gasteiger partial charge is 0.00298 e. The molecule has 0 bridgehead atoms. The van der Waals surface area contributed by atoms with E-state index in [9.17, 15) is 0 Å². The minimum atomic E-state index is 0.234. The van der Waals surface area contributed by atoms with Crippen LogP contribution in [0.2, 0.25) is 0 Å². The Hall–Kier alpha value is -0.470.